The van der Waals surface area contributed by atoms with Crippen LogP contribution in [0.4, 0.5) is 0 Å². The molecule has 0 aromatic heterocycles. The summed E-state index contributed by atoms with van der Waals surface area (Å²) in [7, 11) is -3.77. The molecule has 1 N–H and O–H groups in total. The molecule has 1 heterocycles. The first kappa shape index (κ1) is 15.2. The second kappa shape index (κ2) is 5.80. The van der Waals surface area contributed by atoms with Crippen LogP contribution in [0.2, 0.25) is 0 Å². The number of hydrogen-bond acceptors (Lipinski definition) is 3. The molecule has 1 aliphatic heterocycles. The molecular formula is C14H15N2O2PS2. The molecule has 0 amide bonds. The summed E-state index contributed by atoms with van der Waals surface area (Å²) >= 11 is 8.56. The van der Waals surface area contributed by atoms with Crippen LogP contribution in [0.1, 0.15) is 23.2 Å². The van der Waals surface area contributed by atoms with Gasteiger partial charge in [-0.25, -0.2) is 0 Å². The van der Waals surface area contributed by atoms with E-state index in [-0.39, 0.29) is 12.1 Å². The van der Waals surface area contributed by atoms with Gasteiger partial charge in [-0.3, -0.25) is 4.57 Å². The van der Waals surface area contributed by atoms with Crippen molar-refractivity contribution in [3.8, 4) is 0 Å². The molecule has 1 fully saturated rings. The second-order valence-corrected chi connectivity index (χ2v) is 8.25. The Hall–Kier alpha value is -0.750. The molecule has 0 spiro atoms. The van der Waals surface area contributed by atoms with Gasteiger partial charge in [0.15, 0.2) is 0 Å². The highest BCUT2D eigenvalue weighted by Crippen LogP contribution is 2.68. The van der Waals surface area contributed by atoms with Gasteiger partial charge in [0.05, 0.1) is 12.1 Å². The van der Waals surface area contributed by atoms with Crippen LogP contribution in [0, 0.1) is 0 Å². The minimum Gasteiger partial charge on any atom is -0.320 e. The fraction of sp³-hybridized carbons (Fsp3) is 0.143. The van der Waals surface area contributed by atoms with Crippen LogP contribution in [0.25, 0.3) is 0 Å². The number of rotatable bonds is 2. The van der Waals surface area contributed by atoms with Gasteiger partial charge >= 0.3 is 7.67 Å². The number of nitrogens with zero attached hydrogens (tertiary/aromatic N) is 2. The maximum absolute atomic E-state index is 12.5. The fourth-order valence-electron chi connectivity index (χ4n) is 2.60. The normalized spacial score (nSPS) is 26.0. The molecule has 2 aromatic carbocycles. The van der Waals surface area contributed by atoms with Crippen molar-refractivity contribution in [3.63, 3.8) is 0 Å². The Bertz CT molecular complexity index is 616. The Morgan fingerprint density at radius 2 is 1.14 bits per heavy atom. The van der Waals surface area contributed by atoms with E-state index in [0.717, 1.165) is 11.1 Å². The van der Waals surface area contributed by atoms with Gasteiger partial charge in [0.25, 0.3) is 0 Å². The van der Waals surface area contributed by atoms with Crippen molar-refractivity contribution in [1.82, 2.24) is 8.15 Å². The molecule has 3 rings (SSSR count). The van der Waals surface area contributed by atoms with Crippen molar-refractivity contribution in [2.45, 2.75) is 12.1 Å². The smallest absolute Gasteiger partial charge is 0.320 e. The molecule has 4 nitrogen and oxygen atoms in total. The molecule has 0 radical (unpaired) electrons. The first-order valence-electron chi connectivity index (χ1n) is 6.43. The Balaban J connectivity index is 2.12. The van der Waals surface area contributed by atoms with Crippen LogP contribution < -0.4 is 0 Å². The van der Waals surface area contributed by atoms with E-state index in [0.29, 0.717) is 0 Å². The SMILES string of the molecule is O=P1(O)N(S)[C@H](c2ccccc2)[C@@H](c2ccccc2)N1S. The van der Waals surface area contributed by atoms with Crippen LogP contribution in [-0.2, 0) is 4.57 Å². The lowest BCUT2D eigenvalue weighted by Gasteiger charge is -2.23. The van der Waals surface area contributed by atoms with Crippen LogP contribution in [0.5, 0.6) is 0 Å². The average Bonchev–Trinajstić information content (AvgIpc) is 2.69. The molecule has 2 atom stereocenters. The predicted octanol–water partition coefficient (Wildman–Crippen LogP) is 3.88. The topological polar surface area (TPSA) is 43.8 Å². The standard InChI is InChI=1S/C14H15N2O2PS2/c17-19(18)15(20)13(11-7-3-1-4-8-11)14(16(19)21)12-9-5-2-6-10-12/h1-10,13-14,20-21H,(H,17,18)/t13-,14-/m1/s1. The van der Waals surface area contributed by atoms with E-state index in [4.69, 9.17) is 0 Å². The molecule has 0 aliphatic carbocycles. The molecule has 110 valence electrons. The molecule has 1 saturated heterocycles. The van der Waals surface area contributed by atoms with E-state index in [1.165, 1.54) is 8.15 Å². The minimum absolute atomic E-state index is 0.356. The van der Waals surface area contributed by atoms with Crippen molar-refractivity contribution < 1.29 is 9.46 Å². The van der Waals surface area contributed by atoms with Gasteiger partial charge in [0.1, 0.15) is 0 Å². The fourth-order valence-corrected chi connectivity index (χ4v) is 5.18. The number of thiol groups is 2. The monoisotopic (exact) mass is 338 g/mol. The van der Waals surface area contributed by atoms with Gasteiger partial charge in [-0.15, -0.1) is 0 Å². The zero-order chi connectivity index (χ0) is 15.0. The van der Waals surface area contributed by atoms with Crippen LogP contribution >= 0.6 is 33.3 Å². The highest BCUT2D eigenvalue weighted by atomic mass is 32.1. The summed E-state index contributed by atoms with van der Waals surface area (Å²) in [4.78, 5) is 10.2. The van der Waals surface area contributed by atoms with Crippen molar-refractivity contribution in [3.05, 3.63) is 71.8 Å². The van der Waals surface area contributed by atoms with Crippen LogP contribution in [0.3, 0.4) is 0 Å². The van der Waals surface area contributed by atoms with Gasteiger partial charge in [0, 0.05) is 0 Å². The molecule has 0 saturated carbocycles. The van der Waals surface area contributed by atoms with E-state index in [2.05, 4.69) is 25.6 Å². The Morgan fingerprint density at radius 1 is 0.810 bits per heavy atom. The highest BCUT2D eigenvalue weighted by Gasteiger charge is 2.53. The Kier molecular flexibility index (Phi) is 4.19. The van der Waals surface area contributed by atoms with E-state index >= 15 is 0 Å². The maximum atomic E-state index is 12.5. The van der Waals surface area contributed by atoms with Crippen molar-refractivity contribution in [2.24, 2.45) is 0 Å². The quantitative estimate of drug-likeness (QED) is 0.574. The van der Waals surface area contributed by atoms with E-state index in [9.17, 15) is 9.46 Å². The predicted molar refractivity (Wildman–Crippen MR) is 89.8 cm³/mol. The third-order valence-corrected chi connectivity index (χ3v) is 7.07. The Morgan fingerprint density at radius 3 is 1.48 bits per heavy atom. The summed E-state index contributed by atoms with van der Waals surface area (Å²) in [6, 6.07) is 18.4. The molecule has 21 heavy (non-hydrogen) atoms. The number of benzene rings is 2. The lowest BCUT2D eigenvalue weighted by Crippen LogP contribution is -2.17. The zero-order valence-electron chi connectivity index (χ0n) is 11.0. The lowest BCUT2D eigenvalue weighted by molar-refractivity contribution is 0.418. The van der Waals surface area contributed by atoms with E-state index in [1.54, 1.807) is 0 Å². The van der Waals surface area contributed by atoms with Gasteiger partial charge in [-0.2, -0.15) is 8.15 Å². The van der Waals surface area contributed by atoms with Gasteiger partial charge in [-0.1, -0.05) is 86.3 Å². The highest BCUT2D eigenvalue weighted by molar-refractivity contribution is 7.90. The van der Waals surface area contributed by atoms with Crippen LogP contribution in [-0.4, -0.2) is 13.0 Å². The van der Waals surface area contributed by atoms with Gasteiger partial charge in [-0.05, 0) is 11.1 Å². The maximum Gasteiger partial charge on any atom is 0.363 e. The minimum atomic E-state index is -3.77. The summed E-state index contributed by atoms with van der Waals surface area (Å²) in [6.07, 6.45) is 0. The molecule has 7 heteroatoms. The van der Waals surface area contributed by atoms with Crippen molar-refractivity contribution in [1.29, 1.82) is 0 Å². The lowest BCUT2D eigenvalue weighted by atomic mass is 9.95. The molecular weight excluding hydrogens is 323 g/mol. The van der Waals surface area contributed by atoms with E-state index in [1.807, 2.05) is 60.7 Å². The largest absolute Gasteiger partial charge is 0.363 e. The second-order valence-electron chi connectivity index (χ2n) is 4.87. The van der Waals surface area contributed by atoms with Crippen molar-refractivity contribution in [2.75, 3.05) is 0 Å². The Labute approximate surface area is 135 Å². The molecule has 0 bridgehead atoms. The first-order valence-corrected chi connectivity index (χ1v) is 8.80. The number of hydrogen-bond donors (Lipinski definition) is 3. The molecule has 0 unspecified atom stereocenters. The summed E-state index contributed by atoms with van der Waals surface area (Å²) in [5, 5.41) is 0. The van der Waals surface area contributed by atoms with Gasteiger partial charge in [0.2, 0.25) is 0 Å². The summed E-state index contributed by atoms with van der Waals surface area (Å²) in [5.74, 6) is 0. The van der Waals surface area contributed by atoms with E-state index < -0.39 is 7.67 Å². The first-order chi connectivity index (χ1) is 10.0. The third-order valence-electron chi connectivity index (χ3n) is 3.61. The van der Waals surface area contributed by atoms with Gasteiger partial charge < -0.3 is 4.89 Å². The third kappa shape index (κ3) is 2.57. The summed E-state index contributed by atoms with van der Waals surface area (Å²) in [6.45, 7) is 0. The average molecular weight is 338 g/mol. The zero-order valence-corrected chi connectivity index (χ0v) is 13.7. The summed E-state index contributed by atoms with van der Waals surface area (Å²) < 4.78 is 14.9. The molecule has 1 aliphatic rings. The van der Waals surface area contributed by atoms with Crippen LogP contribution in [0.15, 0.2) is 60.7 Å². The summed E-state index contributed by atoms with van der Waals surface area (Å²) in [5.41, 5.74) is 1.85. The van der Waals surface area contributed by atoms with Crippen molar-refractivity contribution >= 4 is 33.3 Å². The molecule has 2 aromatic rings.